The number of carbonyl (C=O) groups excluding carboxylic acids is 1. The molecule has 126 valence electrons. The molecule has 2 rings (SSSR count). The molecule has 0 saturated carbocycles. The van der Waals surface area contributed by atoms with Crippen molar-refractivity contribution in [3.05, 3.63) is 59.9 Å². The van der Waals surface area contributed by atoms with Crippen LogP contribution in [0.15, 0.2) is 53.8 Å². The van der Waals surface area contributed by atoms with Gasteiger partial charge in [0.1, 0.15) is 5.75 Å². The lowest BCUT2D eigenvalue weighted by molar-refractivity contribution is -0.137. The molecule has 1 aromatic carbocycles. The Bertz CT molecular complexity index is 731. The second-order valence-corrected chi connectivity index (χ2v) is 4.76. The number of pyridine rings is 1. The quantitative estimate of drug-likeness (QED) is 0.674. The summed E-state index contributed by atoms with van der Waals surface area (Å²) in [6.07, 6.45) is -2.88. The number of hydrazone groups is 1. The molecule has 0 unspecified atom stereocenters. The number of hydrogen-bond donors (Lipinski definition) is 1. The Morgan fingerprint density at radius 1 is 1.25 bits per heavy atom. The van der Waals surface area contributed by atoms with Gasteiger partial charge in [0.25, 0.3) is 5.91 Å². The van der Waals surface area contributed by atoms with Gasteiger partial charge in [-0.05, 0) is 37.3 Å². The van der Waals surface area contributed by atoms with Crippen LogP contribution in [0.2, 0.25) is 0 Å². The molecule has 0 aliphatic carbocycles. The topological polar surface area (TPSA) is 63.6 Å². The van der Waals surface area contributed by atoms with E-state index in [1.165, 1.54) is 12.1 Å². The summed E-state index contributed by atoms with van der Waals surface area (Å²) >= 11 is 0. The molecule has 5 nitrogen and oxygen atoms in total. The fourth-order valence-corrected chi connectivity index (χ4v) is 1.72. The Morgan fingerprint density at radius 2 is 2.04 bits per heavy atom. The van der Waals surface area contributed by atoms with Crippen LogP contribution in [-0.2, 0) is 11.0 Å². The normalized spacial score (nSPS) is 11.9. The first-order valence-electron chi connectivity index (χ1n) is 6.91. The summed E-state index contributed by atoms with van der Waals surface area (Å²) in [4.78, 5) is 15.7. The Morgan fingerprint density at radius 3 is 2.71 bits per heavy atom. The van der Waals surface area contributed by atoms with Gasteiger partial charge in [0.2, 0.25) is 0 Å². The van der Waals surface area contributed by atoms with Gasteiger partial charge >= 0.3 is 6.18 Å². The summed E-state index contributed by atoms with van der Waals surface area (Å²) in [6, 6.07) is 9.55. The monoisotopic (exact) mass is 337 g/mol. The predicted octanol–water partition coefficient (Wildman–Crippen LogP) is 3.02. The van der Waals surface area contributed by atoms with Gasteiger partial charge in [-0.3, -0.25) is 9.78 Å². The first-order chi connectivity index (χ1) is 11.4. The van der Waals surface area contributed by atoms with Crippen molar-refractivity contribution < 1.29 is 22.7 Å². The van der Waals surface area contributed by atoms with Crippen LogP contribution in [-0.4, -0.2) is 23.2 Å². The van der Waals surface area contributed by atoms with E-state index in [0.29, 0.717) is 11.4 Å². The third kappa shape index (κ3) is 5.08. The average Bonchev–Trinajstić information content (AvgIpc) is 2.58. The van der Waals surface area contributed by atoms with E-state index in [1.54, 1.807) is 31.3 Å². The molecule has 0 saturated heterocycles. The summed E-state index contributed by atoms with van der Waals surface area (Å²) in [6.45, 7) is 1.20. The first kappa shape index (κ1) is 17.5. The standard InChI is InChI=1S/C16H14F3N3O2/c1-11(14-7-2-3-8-20-14)21-22-15(23)10-24-13-6-4-5-12(9-13)16(17,18)19/h2-9H,10H2,1H3,(H,22,23)/b21-11+. The highest BCUT2D eigenvalue weighted by Crippen LogP contribution is 2.31. The first-order valence-corrected chi connectivity index (χ1v) is 6.91. The van der Waals surface area contributed by atoms with Crippen molar-refractivity contribution in [1.82, 2.24) is 10.4 Å². The summed E-state index contributed by atoms with van der Waals surface area (Å²) in [5.41, 5.74) is 2.50. The molecule has 0 aliphatic rings. The van der Waals surface area contributed by atoms with E-state index < -0.39 is 24.3 Å². The third-order valence-corrected chi connectivity index (χ3v) is 2.92. The number of aromatic nitrogens is 1. The Balaban J connectivity index is 1.90. The molecule has 0 atom stereocenters. The molecule has 1 N–H and O–H groups in total. The lowest BCUT2D eigenvalue weighted by Gasteiger charge is -2.09. The zero-order valence-corrected chi connectivity index (χ0v) is 12.7. The van der Waals surface area contributed by atoms with Crippen LogP contribution in [0.4, 0.5) is 13.2 Å². The molecule has 24 heavy (non-hydrogen) atoms. The van der Waals surface area contributed by atoms with Crippen molar-refractivity contribution in [3.8, 4) is 5.75 Å². The fraction of sp³-hybridized carbons (Fsp3) is 0.188. The summed E-state index contributed by atoms with van der Waals surface area (Å²) in [5, 5.41) is 3.86. The summed E-state index contributed by atoms with van der Waals surface area (Å²) in [5.74, 6) is -0.645. The largest absolute Gasteiger partial charge is 0.484 e. The molecule has 0 aliphatic heterocycles. The van der Waals surface area contributed by atoms with Gasteiger partial charge < -0.3 is 4.74 Å². The predicted molar refractivity (Wildman–Crippen MR) is 81.5 cm³/mol. The lowest BCUT2D eigenvalue weighted by Crippen LogP contribution is -2.25. The number of nitrogens with one attached hydrogen (secondary N) is 1. The number of alkyl halides is 3. The number of halogens is 3. The van der Waals surface area contributed by atoms with Crippen molar-refractivity contribution >= 4 is 11.6 Å². The highest BCUT2D eigenvalue weighted by Gasteiger charge is 2.30. The highest BCUT2D eigenvalue weighted by molar-refractivity contribution is 5.97. The van der Waals surface area contributed by atoms with Crippen molar-refractivity contribution in [3.63, 3.8) is 0 Å². The zero-order chi connectivity index (χ0) is 17.6. The van der Waals surface area contributed by atoms with Gasteiger partial charge in [-0.2, -0.15) is 18.3 Å². The van der Waals surface area contributed by atoms with E-state index in [2.05, 4.69) is 15.5 Å². The lowest BCUT2D eigenvalue weighted by atomic mass is 10.2. The molecule has 1 heterocycles. The van der Waals surface area contributed by atoms with Crippen LogP contribution in [0.25, 0.3) is 0 Å². The van der Waals surface area contributed by atoms with Gasteiger partial charge in [0.05, 0.1) is 17.0 Å². The number of hydrogen-bond acceptors (Lipinski definition) is 4. The van der Waals surface area contributed by atoms with E-state index in [1.807, 2.05) is 0 Å². The molecule has 1 amide bonds. The van der Waals surface area contributed by atoms with Gasteiger partial charge in [0, 0.05) is 6.20 Å². The minimum atomic E-state index is -4.47. The minimum Gasteiger partial charge on any atom is -0.484 e. The van der Waals surface area contributed by atoms with Gasteiger partial charge in [-0.15, -0.1) is 0 Å². The number of ether oxygens (including phenoxy) is 1. The molecule has 1 aromatic heterocycles. The van der Waals surface area contributed by atoms with Crippen LogP contribution in [0.1, 0.15) is 18.2 Å². The van der Waals surface area contributed by atoms with E-state index >= 15 is 0 Å². The average molecular weight is 337 g/mol. The highest BCUT2D eigenvalue weighted by atomic mass is 19.4. The Hall–Kier alpha value is -2.90. The zero-order valence-electron chi connectivity index (χ0n) is 12.7. The molecule has 0 bridgehead atoms. The number of amides is 1. The van der Waals surface area contributed by atoms with Gasteiger partial charge in [-0.25, -0.2) is 5.43 Å². The van der Waals surface area contributed by atoms with E-state index in [4.69, 9.17) is 4.74 Å². The maximum Gasteiger partial charge on any atom is 0.416 e. The van der Waals surface area contributed by atoms with E-state index in [-0.39, 0.29) is 5.75 Å². The number of benzene rings is 1. The Kier molecular flexibility index (Phi) is 5.51. The van der Waals surface area contributed by atoms with Crippen LogP contribution < -0.4 is 10.2 Å². The number of rotatable bonds is 5. The molecule has 0 radical (unpaired) electrons. The summed E-state index contributed by atoms with van der Waals surface area (Å²) in [7, 11) is 0. The second-order valence-electron chi connectivity index (χ2n) is 4.76. The fourth-order valence-electron chi connectivity index (χ4n) is 1.72. The third-order valence-electron chi connectivity index (χ3n) is 2.92. The van der Waals surface area contributed by atoms with Crippen LogP contribution in [0, 0.1) is 0 Å². The Labute approximate surface area is 136 Å². The SMILES string of the molecule is C/C(=N\NC(=O)COc1cccc(C(F)(F)F)c1)c1ccccn1. The van der Waals surface area contributed by atoms with E-state index in [0.717, 1.165) is 12.1 Å². The molecule has 2 aromatic rings. The molecular weight excluding hydrogens is 323 g/mol. The molecule has 0 fully saturated rings. The van der Waals surface area contributed by atoms with Crippen molar-refractivity contribution in [2.45, 2.75) is 13.1 Å². The van der Waals surface area contributed by atoms with Gasteiger partial charge in [0.15, 0.2) is 6.61 Å². The minimum absolute atomic E-state index is 0.0506. The van der Waals surface area contributed by atoms with Crippen LogP contribution >= 0.6 is 0 Å². The second kappa shape index (κ2) is 7.58. The van der Waals surface area contributed by atoms with Crippen LogP contribution in [0.5, 0.6) is 5.75 Å². The molecular formula is C16H14F3N3O2. The van der Waals surface area contributed by atoms with Gasteiger partial charge in [-0.1, -0.05) is 12.1 Å². The smallest absolute Gasteiger partial charge is 0.416 e. The van der Waals surface area contributed by atoms with Crippen LogP contribution in [0.3, 0.4) is 0 Å². The number of nitrogens with zero attached hydrogens (tertiary/aromatic N) is 2. The van der Waals surface area contributed by atoms with Crippen molar-refractivity contribution in [2.24, 2.45) is 5.10 Å². The number of carbonyl (C=O) groups is 1. The summed E-state index contributed by atoms with van der Waals surface area (Å²) < 4.78 is 42.8. The maximum absolute atomic E-state index is 12.6. The van der Waals surface area contributed by atoms with E-state index in [9.17, 15) is 18.0 Å². The van der Waals surface area contributed by atoms with Crippen molar-refractivity contribution in [2.75, 3.05) is 6.61 Å². The maximum atomic E-state index is 12.6. The van der Waals surface area contributed by atoms with Crippen molar-refractivity contribution in [1.29, 1.82) is 0 Å². The molecule has 8 heteroatoms. The molecule has 0 spiro atoms.